The van der Waals surface area contributed by atoms with E-state index in [1.807, 2.05) is 12.1 Å². The predicted molar refractivity (Wildman–Crippen MR) is 234 cm³/mol. The van der Waals surface area contributed by atoms with Crippen molar-refractivity contribution < 1.29 is 4.42 Å². The van der Waals surface area contributed by atoms with Crippen molar-refractivity contribution in [1.29, 1.82) is 0 Å². The highest BCUT2D eigenvalue weighted by molar-refractivity contribution is 6.38. The minimum Gasteiger partial charge on any atom is -0.456 e. The van der Waals surface area contributed by atoms with Crippen LogP contribution < -0.4 is 0 Å². The van der Waals surface area contributed by atoms with Crippen molar-refractivity contribution in [1.82, 2.24) is 14.5 Å². The first-order valence-electron chi connectivity index (χ1n) is 19.1. The van der Waals surface area contributed by atoms with Crippen molar-refractivity contribution in [2.75, 3.05) is 0 Å². The van der Waals surface area contributed by atoms with Crippen LogP contribution in [0.2, 0.25) is 0 Å². The summed E-state index contributed by atoms with van der Waals surface area (Å²) in [6.45, 7) is 0. The molecule has 0 atom stereocenters. The average molecular weight is 712 g/mol. The van der Waals surface area contributed by atoms with E-state index in [0.717, 1.165) is 71.9 Å². The maximum Gasteiger partial charge on any atom is 0.165 e. The van der Waals surface area contributed by atoms with Crippen LogP contribution in [0.25, 0.3) is 126 Å². The molecule has 0 amide bonds. The molecule has 0 N–H and O–H groups in total. The Morgan fingerprint density at radius 1 is 0.375 bits per heavy atom. The van der Waals surface area contributed by atoms with E-state index < -0.39 is 0 Å². The van der Waals surface area contributed by atoms with Crippen LogP contribution in [0.15, 0.2) is 180 Å². The summed E-state index contributed by atoms with van der Waals surface area (Å²) in [7, 11) is 0. The van der Waals surface area contributed by atoms with Gasteiger partial charge in [0.05, 0.1) is 22.1 Å². The lowest BCUT2D eigenvalue weighted by Gasteiger charge is -2.15. The molecule has 0 fully saturated rings. The molecule has 3 aromatic heterocycles. The van der Waals surface area contributed by atoms with Gasteiger partial charge in [-0.25, -0.2) is 9.97 Å². The van der Waals surface area contributed by atoms with E-state index >= 15 is 0 Å². The average Bonchev–Trinajstić information content (AvgIpc) is 3.81. The molecule has 10 aromatic carbocycles. The fourth-order valence-electron chi connectivity index (χ4n) is 9.49. The molecule has 56 heavy (non-hydrogen) atoms. The Morgan fingerprint density at radius 2 is 0.929 bits per heavy atom. The summed E-state index contributed by atoms with van der Waals surface area (Å²) in [6.07, 6.45) is 0. The maximum atomic E-state index is 6.45. The van der Waals surface area contributed by atoms with Crippen LogP contribution in [0, 0.1) is 0 Å². The van der Waals surface area contributed by atoms with Gasteiger partial charge in [0.1, 0.15) is 16.9 Å². The number of benzene rings is 10. The molecule has 0 radical (unpaired) electrons. The SMILES string of the molecule is c1ccc2c(c1)ccc1nc(-c3ccc4c(c3)oc3ccccc34)c(-n3c4ccc5ccccc5c4c4c5c6ccccc6c6ccccc6c5ccc43)nc12. The van der Waals surface area contributed by atoms with Gasteiger partial charge in [-0.2, -0.15) is 0 Å². The van der Waals surface area contributed by atoms with Crippen LogP contribution in [0.3, 0.4) is 0 Å². The fraction of sp³-hybridized carbons (Fsp3) is 0. The van der Waals surface area contributed by atoms with Crippen LogP contribution >= 0.6 is 0 Å². The van der Waals surface area contributed by atoms with Gasteiger partial charge in [-0.15, -0.1) is 0 Å². The van der Waals surface area contributed by atoms with Gasteiger partial charge in [-0.05, 0) is 79.5 Å². The minimum absolute atomic E-state index is 0.782. The van der Waals surface area contributed by atoms with E-state index in [2.05, 4.69) is 168 Å². The van der Waals surface area contributed by atoms with Gasteiger partial charge >= 0.3 is 0 Å². The molecule has 0 aliphatic heterocycles. The van der Waals surface area contributed by atoms with Crippen LogP contribution in [-0.2, 0) is 0 Å². The normalized spacial score (nSPS) is 12.3. The molecule has 4 nitrogen and oxygen atoms in total. The highest BCUT2D eigenvalue weighted by atomic mass is 16.3. The Hall–Kier alpha value is -7.56. The summed E-state index contributed by atoms with van der Waals surface area (Å²) in [5.41, 5.74) is 7.34. The molecular formula is C52H29N3O. The summed E-state index contributed by atoms with van der Waals surface area (Å²) in [6, 6.07) is 63.0. The number of hydrogen-bond donors (Lipinski definition) is 0. The monoisotopic (exact) mass is 711 g/mol. The smallest absolute Gasteiger partial charge is 0.165 e. The Balaban J connectivity index is 1.25. The number of aromatic nitrogens is 3. The molecular weight excluding hydrogens is 683 g/mol. The standard InChI is InChI=1S/C52H29N3O/c1-3-13-33-30(11-1)23-27-43-48(33)49-44(28-25-41-37-17-6-5-15-35(37)36-16-7-8-19-40(36)47(41)49)55(43)52-50(53-42-26-22-31-12-2-4-14-34(31)51(42)54-52)32-21-24-39-38-18-9-10-20-45(38)56-46(39)29-32/h1-29H. The predicted octanol–water partition coefficient (Wildman–Crippen LogP) is 14.1. The summed E-state index contributed by atoms with van der Waals surface area (Å²) in [5.74, 6) is 0.782. The Bertz CT molecular complexity index is 3800. The number of hydrogen-bond acceptors (Lipinski definition) is 3. The zero-order valence-corrected chi connectivity index (χ0v) is 30.0. The molecule has 0 aliphatic rings. The third-order valence-electron chi connectivity index (χ3n) is 11.9. The van der Waals surface area contributed by atoms with Crippen molar-refractivity contribution in [2.24, 2.45) is 0 Å². The van der Waals surface area contributed by atoms with Gasteiger partial charge in [-0.3, -0.25) is 4.57 Å². The van der Waals surface area contributed by atoms with Gasteiger partial charge in [0.15, 0.2) is 5.82 Å². The Labute approximate surface area is 319 Å². The largest absolute Gasteiger partial charge is 0.456 e. The van der Waals surface area contributed by atoms with Gasteiger partial charge in [0.2, 0.25) is 0 Å². The summed E-state index contributed by atoms with van der Waals surface area (Å²) >= 11 is 0. The minimum atomic E-state index is 0.782. The molecule has 258 valence electrons. The van der Waals surface area contributed by atoms with Gasteiger partial charge in [0, 0.05) is 37.9 Å². The molecule has 13 rings (SSSR count). The highest BCUT2D eigenvalue weighted by Crippen LogP contribution is 2.46. The number of para-hydroxylation sites is 1. The summed E-state index contributed by atoms with van der Waals surface area (Å²) in [5, 5.41) is 16.7. The van der Waals surface area contributed by atoms with Crippen molar-refractivity contribution in [3.63, 3.8) is 0 Å². The van der Waals surface area contributed by atoms with Crippen molar-refractivity contribution >= 4 is 109 Å². The molecule has 4 heteroatoms. The highest BCUT2D eigenvalue weighted by Gasteiger charge is 2.24. The molecule has 0 unspecified atom stereocenters. The Kier molecular flexibility index (Phi) is 5.86. The zero-order chi connectivity index (χ0) is 36.5. The first kappa shape index (κ1) is 29.8. The molecule has 13 aromatic rings. The van der Waals surface area contributed by atoms with E-state index in [-0.39, 0.29) is 0 Å². The molecule has 0 spiro atoms. The molecule has 3 heterocycles. The van der Waals surface area contributed by atoms with Crippen LogP contribution in [0.4, 0.5) is 0 Å². The molecule has 0 aliphatic carbocycles. The van der Waals surface area contributed by atoms with Crippen molar-refractivity contribution in [3.05, 3.63) is 176 Å². The first-order valence-corrected chi connectivity index (χ1v) is 19.1. The fourth-order valence-corrected chi connectivity index (χ4v) is 9.49. The van der Waals surface area contributed by atoms with E-state index in [0.29, 0.717) is 0 Å². The van der Waals surface area contributed by atoms with Crippen molar-refractivity contribution in [3.8, 4) is 17.1 Å². The lowest BCUT2D eigenvalue weighted by Crippen LogP contribution is -2.04. The van der Waals surface area contributed by atoms with E-state index in [1.165, 1.54) is 53.9 Å². The van der Waals surface area contributed by atoms with Gasteiger partial charge in [-0.1, -0.05) is 140 Å². The molecule has 0 saturated heterocycles. The second kappa shape index (κ2) is 11.0. The van der Waals surface area contributed by atoms with Crippen molar-refractivity contribution in [2.45, 2.75) is 0 Å². The number of nitrogens with zero attached hydrogens (tertiary/aromatic N) is 3. The maximum absolute atomic E-state index is 6.45. The number of furan rings is 1. The third-order valence-corrected chi connectivity index (χ3v) is 11.9. The second-order valence-corrected chi connectivity index (χ2v) is 14.8. The summed E-state index contributed by atoms with van der Waals surface area (Å²) in [4.78, 5) is 11.2. The van der Waals surface area contributed by atoms with Crippen LogP contribution in [0.1, 0.15) is 0 Å². The van der Waals surface area contributed by atoms with Gasteiger partial charge < -0.3 is 4.42 Å². The molecule has 0 saturated carbocycles. The lowest BCUT2D eigenvalue weighted by atomic mass is 9.91. The number of rotatable bonds is 2. The van der Waals surface area contributed by atoms with Gasteiger partial charge in [0.25, 0.3) is 0 Å². The zero-order valence-electron chi connectivity index (χ0n) is 30.0. The quantitative estimate of drug-likeness (QED) is 0.168. The first-order chi connectivity index (χ1) is 27.8. The molecule has 0 bridgehead atoms. The third kappa shape index (κ3) is 3.97. The van der Waals surface area contributed by atoms with Crippen LogP contribution in [-0.4, -0.2) is 14.5 Å². The van der Waals surface area contributed by atoms with E-state index in [1.54, 1.807) is 0 Å². The van der Waals surface area contributed by atoms with E-state index in [9.17, 15) is 0 Å². The van der Waals surface area contributed by atoms with Crippen LogP contribution in [0.5, 0.6) is 0 Å². The Morgan fingerprint density at radius 3 is 1.73 bits per heavy atom. The topological polar surface area (TPSA) is 43.9 Å². The number of fused-ring (bicyclic) bond motifs is 18. The summed E-state index contributed by atoms with van der Waals surface area (Å²) < 4.78 is 8.82. The second-order valence-electron chi connectivity index (χ2n) is 14.8. The van der Waals surface area contributed by atoms with E-state index in [4.69, 9.17) is 14.4 Å². The lowest BCUT2D eigenvalue weighted by molar-refractivity contribution is 0.669.